The smallest absolute Gasteiger partial charge is 0.339 e. The summed E-state index contributed by atoms with van der Waals surface area (Å²) in [5, 5.41) is 14.3. The average Bonchev–Trinajstić information content (AvgIpc) is 3.03. The van der Waals surface area contributed by atoms with Crippen LogP contribution in [-0.4, -0.2) is 20.9 Å². The lowest BCUT2D eigenvalue weighted by Crippen LogP contribution is -2.09. The highest BCUT2D eigenvalue weighted by atomic mass is 35.5. The Morgan fingerprint density at radius 3 is 2.48 bits per heavy atom. The molecule has 3 rings (SSSR count). The van der Waals surface area contributed by atoms with E-state index in [-0.39, 0.29) is 16.5 Å². The first kappa shape index (κ1) is 19.1. The molecule has 0 fully saturated rings. The van der Waals surface area contributed by atoms with Gasteiger partial charge in [-0.25, -0.2) is 13.9 Å². The van der Waals surface area contributed by atoms with E-state index in [1.54, 1.807) is 10.7 Å². The van der Waals surface area contributed by atoms with Gasteiger partial charge in [0.05, 0.1) is 22.1 Å². The van der Waals surface area contributed by atoms with Gasteiger partial charge in [-0.15, -0.1) is 0 Å². The van der Waals surface area contributed by atoms with Crippen LogP contribution in [0.1, 0.15) is 47.1 Å². The third-order valence-corrected chi connectivity index (χ3v) is 4.69. The maximum absolute atomic E-state index is 13.5. The molecule has 4 nitrogen and oxygen atoms in total. The molecule has 2 aromatic carbocycles. The quantitative estimate of drug-likeness (QED) is 0.627. The van der Waals surface area contributed by atoms with E-state index in [4.69, 9.17) is 11.6 Å². The lowest BCUT2D eigenvalue weighted by Gasteiger charge is -2.11. The number of nitrogens with zero attached hydrogens (tertiary/aromatic N) is 2. The van der Waals surface area contributed by atoms with E-state index in [2.05, 4.69) is 5.10 Å². The van der Waals surface area contributed by atoms with Gasteiger partial charge in [-0.2, -0.15) is 5.10 Å². The van der Waals surface area contributed by atoms with Gasteiger partial charge in [0.2, 0.25) is 0 Å². The predicted octanol–water partition coefficient (Wildman–Crippen LogP) is 5.27. The first-order chi connectivity index (χ1) is 12.9. The molecule has 1 heterocycles. The Balaban J connectivity index is 2.07. The normalized spacial score (nSPS) is 11.1. The number of aromatic carboxylic acids is 1. The molecule has 1 aromatic heterocycles. The Morgan fingerprint density at radius 1 is 1.19 bits per heavy atom. The summed E-state index contributed by atoms with van der Waals surface area (Å²) >= 11 is 5.91. The number of hydrogen-bond donors (Lipinski definition) is 1. The Labute approximate surface area is 162 Å². The minimum absolute atomic E-state index is 0.0274. The minimum Gasteiger partial charge on any atom is -0.478 e. The molecule has 0 aliphatic carbocycles. The van der Waals surface area contributed by atoms with E-state index in [9.17, 15) is 14.3 Å². The predicted molar refractivity (Wildman–Crippen MR) is 103 cm³/mol. The second-order valence-electron chi connectivity index (χ2n) is 6.66. The van der Waals surface area contributed by atoms with Crippen LogP contribution in [0.3, 0.4) is 0 Å². The van der Waals surface area contributed by atoms with Crippen LogP contribution in [0.4, 0.5) is 4.39 Å². The maximum atomic E-state index is 13.5. The fraction of sp³-hybridized carbons (Fsp3) is 0.238. The lowest BCUT2D eigenvalue weighted by atomic mass is 10.00. The first-order valence-corrected chi connectivity index (χ1v) is 9.10. The van der Waals surface area contributed by atoms with Crippen LogP contribution in [0, 0.1) is 5.82 Å². The molecular weight excluding hydrogens is 367 g/mol. The summed E-state index contributed by atoms with van der Waals surface area (Å²) in [6.45, 7) is 3.82. The average molecular weight is 387 g/mol. The standard InChI is InChI=1S/C21H20ClFN2O2/c1-13(2)20-19(21(26)27)18(11-8-14-6-4-3-5-7-14)24-25(20)15-9-10-17(23)16(22)12-15/h3-7,9-10,12-13H,8,11H2,1-2H3,(H,26,27). The number of carboxylic acid groups (broad SMARTS) is 1. The van der Waals surface area contributed by atoms with Crippen molar-refractivity contribution in [1.29, 1.82) is 0 Å². The molecule has 0 saturated heterocycles. The molecule has 6 heteroatoms. The van der Waals surface area contributed by atoms with Gasteiger partial charge in [0.1, 0.15) is 11.4 Å². The van der Waals surface area contributed by atoms with Gasteiger partial charge in [0.25, 0.3) is 0 Å². The number of halogens is 2. The second kappa shape index (κ2) is 7.92. The molecule has 0 saturated carbocycles. The summed E-state index contributed by atoms with van der Waals surface area (Å²) in [7, 11) is 0. The summed E-state index contributed by atoms with van der Waals surface area (Å²) < 4.78 is 15.1. The first-order valence-electron chi connectivity index (χ1n) is 8.73. The van der Waals surface area contributed by atoms with Gasteiger partial charge in [0, 0.05) is 0 Å². The van der Waals surface area contributed by atoms with E-state index >= 15 is 0 Å². The van der Waals surface area contributed by atoms with Crippen molar-refractivity contribution in [3.8, 4) is 5.69 Å². The molecule has 0 radical (unpaired) electrons. The van der Waals surface area contributed by atoms with Crippen LogP contribution >= 0.6 is 11.6 Å². The molecule has 0 spiro atoms. The number of aromatic nitrogens is 2. The van der Waals surface area contributed by atoms with Crippen molar-refractivity contribution in [2.24, 2.45) is 0 Å². The summed E-state index contributed by atoms with van der Waals surface area (Å²) in [6, 6.07) is 14.1. The fourth-order valence-corrected chi connectivity index (χ4v) is 3.32. The highest BCUT2D eigenvalue weighted by Gasteiger charge is 2.26. The van der Waals surface area contributed by atoms with Crippen LogP contribution in [-0.2, 0) is 12.8 Å². The van der Waals surface area contributed by atoms with E-state index < -0.39 is 11.8 Å². The minimum atomic E-state index is -1.01. The maximum Gasteiger partial charge on any atom is 0.339 e. The summed E-state index contributed by atoms with van der Waals surface area (Å²) in [6.07, 6.45) is 1.17. The number of benzene rings is 2. The molecule has 0 atom stereocenters. The Morgan fingerprint density at radius 2 is 1.89 bits per heavy atom. The van der Waals surface area contributed by atoms with Gasteiger partial charge < -0.3 is 5.11 Å². The van der Waals surface area contributed by atoms with Crippen molar-refractivity contribution in [1.82, 2.24) is 9.78 Å². The van der Waals surface area contributed by atoms with E-state index in [1.807, 2.05) is 44.2 Å². The second-order valence-corrected chi connectivity index (χ2v) is 7.07. The van der Waals surface area contributed by atoms with E-state index in [0.29, 0.717) is 29.9 Å². The largest absolute Gasteiger partial charge is 0.478 e. The van der Waals surface area contributed by atoms with Crippen molar-refractivity contribution in [3.63, 3.8) is 0 Å². The van der Waals surface area contributed by atoms with E-state index in [0.717, 1.165) is 5.56 Å². The Hall–Kier alpha value is -2.66. The van der Waals surface area contributed by atoms with Gasteiger partial charge >= 0.3 is 5.97 Å². The SMILES string of the molecule is CC(C)c1c(C(=O)O)c(CCc2ccccc2)nn1-c1ccc(F)c(Cl)c1. The fourth-order valence-electron chi connectivity index (χ4n) is 3.14. The molecule has 0 bridgehead atoms. The third kappa shape index (κ3) is 4.03. The zero-order valence-electron chi connectivity index (χ0n) is 15.1. The van der Waals surface area contributed by atoms with Crippen LogP contribution < -0.4 is 0 Å². The van der Waals surface area contributed by atoms with Crippen molar-refractivity contribution >= 4 is 17.6 Å². The number of carbonyl (C=O) groups is 1. The zero-order chi connectivity index (χ0) is 19.6. The highest BCUT2D eigenvalue weighted by molar-refractivity contribution is 6.30. The van der Waals surface area contributed by atoms with Crippen LogP contribution in [0.2, 0.25) is 5.02 Å². The Bertz CT molecular complexity index is 968. The topological polar surface area (TPSA) is 55.1 Å². The van der Waals surface area contributed by atoms with Crippen LogP contribution in [0.25, 0.3) is 5.69 Å². The van der Waals surface area contributed by atoms with Crippen molar-refractivity contribution in [2.75, 3.05) is 0 Å². The third-order valence-electron chi connectivity index (χ3n) is 4.40. The Kier molecular flexibility index (Phi) is 5.61. The summed E-state index contributed by atoms with van der Waals surface area (Å²) in [5.41, 5.74) is 2.95. The van der Waals surface area contributed by atoms with Gasteiger partial charge in [0.15, 0.2) is 0 Å². The van der Waals surface area contributed by atoms with Gasteiger partial charge in [-0.05, 0) is 42.5 Å². The van der Waals surface area contributed by atoms with Crippen LogP contribution in [0.5, 0.6) is 0 Å². The molecule has 27 heavy (non-hydrogen) atoms. The molecule has 3 aromatic rings. The lowest BCUT2D eigenvalue weighted by molar-refractivity contribution is 0.0694. The van der Waals surface area contributed by atoms with E-state index in [1.165, 1.54) is 12.1 Å². The molecular formula is C21H20ClFN2O2. The van der Waals surface area contributed by atoms with Crippen molar-refractivity contribution < 1.29 is 14.3 Å². The molecule has 0 aliphatic rings. The number of aryl methyl sites for hydroxylation is 2. The number of rotatable bonds is 6. The summed E-state index contributed by atoms with van der Waals surface area (Å²) in [4.78, 5) is 12.0. The molecule has 1 N–H and O–H groups in total. The molecule has 0 aliphatic heterocycles. The molecule has 0 amide bonds. The number of hydrogen-bond acceptors (Lipinski definition) is 2. The zero-order valence-corrected chi connectivity index (χ0v) is 15.9. The van der Waals surface area contributed by atoms with Crippen LogP contribution in [0.15, 0.2) is 48.5 Å². The van der Waals surface area contributed by atoms with Crippen molar-refractivity contribution in [2.45, 2.75) is 32.6 Å². The summed E-state index contributed by atoms with van der Waals surface area (Å²) in [5.74, 6) is -1.62. The van der Waals surface area contributed by atoms with Crippen molar-refractivity contribution in [3.05, 3.63) is 81.9 Å². The number of carboxylic acids is 1. The molecule has 0 unspecified atom stereocenters. The van der Waals surface area contributed by atoms with Gasteiger partial charge in [-0.3, -0.25) is 0 Å². The monoisotopic (exact) mass is 386 g/mol. The highest BCUT2D eigenvalue weighted by Crippen LogP contribution is 2.28. The van der Waals surface area contributed by atoms with Gasteiger partial charge in [-0.1, -0.05) is 55.8 Å². The molecule has 140 valence electrons.